The van der Waals surface area contributed by atoms with Crippen molar-refractivity contribution in [1.82, 2.24) is 0 Å². The molecule has 0 radical (unpaired) electrons. The Morgan fingerprint density at radius 2 is 1.37 bits per heavy atom. The molecule has 0 bridgehead atoms. The predicted octanol–water partition coefficient (Wildman–Crippen LogP) is 6.17. The number of hydrogen-bond acceptors (Lipinski definition) is 2. The number of benzene rings is 1. The van der Waals surface area contributed by atoms with Gasteiger partial charge in [-0.3, -0.25) is 0 Å². The molecule has 0 unspecified atom stereocenters. The van der Waals surface area contributed by atoms with E-state index in [1.807, 2.05) is 22.7 Å². The average Bonchev–Trinajstić information content (AvgIpc) is 2.75. The maximum Gasteiger partial charge on any atom is 0.0534 e. The first kappa shape index (κ1) is 12.9. The van der Waals surface area contributed by atoms with Gasteiger partial charge in [-0.15, -0.1) is 22.7 Å². The number of thiophene rings is 2. The third-order valence-electron chi connectivity index (χ3n) is 3.59. The van der Waals surface area contributed by atoms with Crippen molar-refractivity contribution in [3.05, 3.63) is 44.6 Å². The zero-order valence-electron chi connectivity index (χ0n) is 12.0. The second-order valence-electron chi connectivity index (χ2n) is 5.36. The molecule has 0 aliphatic heterocycles. The predicted molar refractivity (Wildman–Crippen MR) is 88.8 cm³/mol. The van der Waals surface area contributed by atoms with E-state index in [9.17, 15) is 0 Å². The van der Waals surface area contributed by atoms with Crippen LogP contribution in [0, 0.1) is 34.6 Å². The van der Waals surface area contributed by atoms with Gasteiger partial charge < -0.3 is 0 Å². The molecule has 0 saturated heterocycles. The molecule has 1 aromatic carbocycles. The first-order valence-electron chi connectivity index (χ1n) is 6.55. The van der Waals surface area contributed by atoms with E-state index in [0.717, 1.165) is 0 Å². The average molecular weight is 286 g/mol. The molecule has 98 valence electrons. The number of rotatable bonds is 1. The topological polar surface area (TPSA) is 0 Å². The van der Waals surface area contributed by atoms with Crippen LogP contribution in [-0.2, 0) is 0 Å². The molecule has 0 spiro atoms. The molecular weight excluding hydrogens is 268 g/mol. The lowest BCUT2D eigenvalue weighted by molar-refractivity contribution is 1.32. The molecule has 3 rings (SSSR count). The summed E-state index contributed by atoms with van der Waals surface area (Å²) in [6.07, 6.45) is 0. The third-order valence-corrected chi connectivity index (χ3v) is 5.84. The van der Waals surface area contributed by atoms with Gasteiger partial charge in [-0.1, -0.05) is 17.7 Å². The van der Waals surface area contributed by atoms with Crippen LogP contribution in [0.25, 0.3) is 20.5 Å². The lowest BCUT2D eigenvalue weighted by Gasteiger charge is -2.11. The third kappa shape index (κ3) is 2.03. The summed E-state index contributed by atoms with van der Waals surface area (Å²) in [6, 6.07) is 6.91. The van der Waals surface area contributed by atoms with E-state index in [0.29, 0.717) is 0 Å². The van der Waals surface area contributed by atoms with Crippen molar-refractivity contribution in [2.24, 2.45) is 0 Å². The highest BCUT2D eigenvalue weighted by atomic mass is 32.1. The van der Waals surface area contributed by atoms with Gasteiger partial charge in [0.05, 0.1) is 4.70 Å². The second kappa shape index (κ2) is 4.46. The largest absolute Gasteiger partial charge is 0.139 e. The van der Waals surface area contributed by atoms with Gasteiger partial charge >= 0.3 is 0 Å². The summed E-state index contributed by atoms with van der Waals surface area (Å²) >= 11 is 3.85. The second-order valence-corrected chi connectivity index (χ2v) is 7.87. The van der Waals surface area contributed by atoms with E-state index in [1.54, 1.807) is 0 Å². The molecule has 2 heteroatoms. The van der Waals surface area contributed by atoms with E-state index in [1.165, 1.54) is 47.0 Å². The molecule has 0 fully saturated rings. The van der Waals surface area contributed by atoms with Crippen molar-refractivity contribution in [3.8, 4) is 11.1 Å². The Bertz CT molecular complexity index is 749. The van der Waals surface area contributed by atoms with Gasteiger partial charge in [0.2, 0.25) is 0 Å². The van der Waals surface area contributed by atoms with Crippen LogP contribution < -0.4 is 0 Å². The Labute approximate surface area is 122 Å². The molecular formula is C17H18S2. The van der Waals surface area contributed by atoms with Crippen molar-refractivity contribution < 1.29 is 0 Å². The SMILES string of the molecule is Cc1cc(C)c(-c2c(C)sc3cc(C)sc23)c(C)c1. The molecule has 0 atom stereocenters. The summed E-state index contributed by atoms with van der Waals surface area (Å²) in [6.45, 7) is 11.1. The van der Waals surface area contributed by atoms with Crippen LogP contribution in [0.4, 0.5) is 0 Å². The summed E-state index contributed by atoms with van der Waals surface area (Å²) in [5, 5.41) is 0. The summed E-state index contributed by atoms with van der Waals surface area (Å²) < 4.78 is 2.91. The Hall–Kier alpha value is -1.12. The summed E-state index contributed by atoms with van der Waals surface area (Å²) in [5.41, 5.74) is 7.05. The summed E-state index contributed by atoms with van der Waals surface area (Å²) in [7, 11) is 0. The Morgan fingerprint density at radius 3 is 2.00 bits per heavy atom. The van der Waals surface area contributed by atoms with Gasteiger partial charge in [0, 0.05) is 20.0 Å². The molecule has 0 aliphatic rings. The molecule has 0 saturated carbocycles. The maximum absolute atomic E-state index is 2.32. The van der Waals surface area contributed by atoms with Crippen LogP contribution in [0.5, 0.6) is 0 Å². The molecule has 0 N–H and O–H groups in total. The fourth-order valence-corrected chi connectivity index (χ4v) is 5.45. The van der Waals surface area contributed by atoms with Crippen molar-refractivity contribution >= 4 is 32.1 Å². The Morgan fingerprint density at radius 1 is 0.737 bits per heavy atom. The summed E-state index contributed by atoms with van der Waals surface area (Å²) in [4.78, 5) is 2.85. The molecule has 2 aromatic heterocycles. The van der Waals surface area contributed by atoms with Crippen LogP contribution in [0.1, 0.15) is 26.4 Å². The quantitative estimate of drug-likeness (QED) is 0.501. The molecule has 0 amide bonds. The molecule has 3 aromatic rings. The minimum Gasteiger partial charge on any atom is -0.139 e. The van der Waals surface area contributed by atoms with E-state index in [-0.39, 0.29) is 0 Å². The lowest BCUT2D eigenvalue weighted by atomic mass is 9.94. The monoisotopic (exact) mass is 286 g/mol. The minimum absolute atomic E-state index is 1.35. The molecule has 2 heterocycles. The molecule has 0 aliphatic carbocycles. The highest BCUT2D eigenvalue weighted by molar-refractivity contribution is 7.28. The fraction of sp³-hybridized carbons (Fsp3) is 0.294. The highest BCUT2D eigenvalue weighted by Gasteiger charge is 2.17. The normalized spacial score (nSPS) is 11.4. The number of fused-ring (bicyclic) bond motifs is 1. The standard InChI is InChI=1S/C17H18S2/c1-9-6-10(2)15(11(3)7-9)16-13(5)19-14-8-12(4)18-17(14)16/h6-8H,1-5H3. The van der Waals surface area contributed by atoms with Gasteiger partial charge in [-0.2, -0.15) is 0 Å². The van der Waals surface area contributed by atoms with Gasteiger partial charge in [-0.05, 0) is 57.4 Å². The van der Waals surface area contributed by atoms with Crippen LogP contribution in [0.3, 0.4) is 0 Å². The maximum atomic E-state index is 2.32. The van der Waals surface area contributed by atoms with Crippen LogP contribution in [0.2, 0.25) is 0 Å². The van der Waals surface area contributed by atoms with E-state index in [2.05, 4.69) is 52.8 Å². The zero-order valence-corrected chi connectivity index (χ0v) is 13.7. The fourth-order valence-electron chi connectivity index (χ4n) is 2.98. The van der Waals surface area contributed by atoms with E-state index in [4.69, 9.17) is 0 Å². The van der Waals surface area contributed by atoms with Gasteiger partial charge in [0.1, 0.15) is 0 Å². The minimum atomic E-state index is 1.35. The van der Waals surface area contributed by atoms with E-state index < -0.39 is 0 Å². The lowest BCUT2D eigenvalue weighted by Crippen LogP contribution is -1.90. The Balaban J connectivity index is 2.38. The molecule has 19 heavy (non-hydrogen) atoms. The van der Waals surface area contributed by atoms with Crippen LogP contribution in [0.15, 0.2) is 18.2 Å². The van der Waals surface area contributed by atoms with Gasteiger partial charge in [0.15, 0.2) is 0 Å². The van der Waals surface area contributed by atoms with E-state index >= 15 is 0 Å². The van der Waals surface area contributed by atoms with Crippen molar-refractivity contribution in [1.29, 1.82) is 0 Å². The van der Waals surface area contributed by atoms with Crippen LogP contribution >= 0.6 is 22.7 Å². The smallest absolute Gasteiger partial charge is 0.0534 e. The first-order chi connectivity index (χ1) is 8.97. The van der Waals surface area contributed by atoms with Gasteiger partial charge in [-0.25, -0.2) is 0 Å². The van der Waals surface area contributed by atoms with Crippen molar-refractivity contribution in [3.63, 3.8) is 0 Å². The number of aryl methyl sites for hydroxylation is 5. The zero-order chi connectivity index (χ0) is 13.7. The Kier molecular flexibility index (Phi) is 3.03. The highest BCUT2D eigenvalue weighted by Crippen LogP contribution is 2.44. The van der Waals surface area contributed by atoms with Crippen molar-refractivity contribution in [2.75, 3.05) is 0 Å². The van der Waals surface area contributed by atoms with Crippen molar-refractivity contribution in [2.45, 2.75) is 34.6 Å². The van der Waals surface area contributed by atoms with Gasteiger partial charge in [0.25, 0.3) is 0 Å². The first-order valence-corrected chi connectivity index (χ1v) is 8.18. The number of hydrogen-bond donors (Lipinski definition) is 0. The molecule has 0 nitrogen and oxygen atoms in total. The van der Waals surface area contributed by atoms with Crippen LogP contribution in [-0.4, -0.2) is 0 Å². The summed E-state index contributed by atoms with van der Waals surface area (Å²) in [5.74, 6) is 0.